The van der Waals surface area contributed by atoms with Crippen LogP contribution in [0.1, 0.15) is 85.3 Å². The van der Waals surface area contributed by atoms with E-state index in [1.165, 1.54) is 0 Å². The number of nitrogens with one attached hydrogen (secondary N) is 2. The lowest BCUT2D eigenvalue weighted by atomic mass is 9.78. The number of amides is 4. The van der Waals surface area contributed by atoms with Crippen molar-refractivity contribution in [2.75, 3.05) is 5.32 Å². The Kier molecular flexibility index (Phi) is 10.2. The zero-order valence-electron chi connectivity index (χ0n) is 29.1. The lowest BCUT2D eigenvalue weighted by molar-refractivity contribution is -0.139. The summed E-state index contributed by atoms with van der Waals surface area (Å²) in [5.41, 5.74) is 4.33. The molecule has 0 bridgehead atoms. The number of aryl methyl sites for hydroxylation is 1. The average Bonchev–Trinajstić information content (AvgIpc) is 3.10. The molecule has 2 atom stereocenters. The van der Waals surface area contributed by atoms with Crippen LogP contribution in [0.2, 0.25) is 0 Å². The number of benzene rings is 3. The van der Waals surface area contributed by atoms with Gasteiger partial charge in [-0.05, 0) is 85.5 Å². The van der Waals surface area contributed by atoms with E-state index in [9.17, 15) is 24.3 Å². The van der Waals surface area contributed by atoms with E-state index in [-0.39, 0.29) is 30.4 Å². The van der Waals surface area contributed by atoms with E-state index < -0.39 is 29.9 Å². The number of carbonyl (C=O) groups is 4. The largest absolute Gasteiger partial charge is 0.490 e. The van der Waals surface area contributed by atoms with Gasteiger partial charge in [0.1, 0.15) is 29.4 Å². The topological polar surface area (TPSA) is 147 Å². The lowest BCUT2D eigenvalue weighted by Crippen LogP contribution is -2.53. The van der Waals surface area contributed by atoms with Gasteiger partial charge in [-0.3, -0.25) is 34.4 Å². The predicted octanol–water partition coefficient (Wildman–Crippen LogP) is 5.99. The van der Waals surface area contributed by atoms with Gasteiger partial charge in [0, 0.05) is 42.0 Å². The maximum atomic E-state index is 13.3. The van der Waals surface area contributed by atoms with Gasteiger partial charge in [0.15, 0.2) is 0 Å². The molecule has 264 valence electrons. The Morgan fingerprint density at radius 3 is 2.22 bits per heavy atom. The van der Waals surface area contributed by atoms with Crippen molar-refractivity contribution >= 4 is 29.8 Å². The third-order valence-electron chi connectivity index (χ3n) is 9.71. The van der Waals surface area contributed by atoms with E-state index in [0.717, 1.165) is 40.3 Å². The maximum absolute atomic E-state index is 13.3. The summed E-state index contributed by atoms with van der Waals surface area (Å²) in [5, 5.41) is 15.3. The molecule has 0 spiro atoms. The van der Waals surface area contributed by atoms with Crippen LogP contribution in [0.5, 0.6) is 17.2 Å². The van der Waals surface area contributed by atoms with E-state index in [0.29, 0.717) is 34.7 Å². The van der Waals surface area contributed by atoms with Crippen molar-refractivity contribution in [1.82, 2.24) is 15.2 Å². The Labute approximate surface area is 297 Å². The maximum Gasteiger partial charge on any atom is 0.261 e. The van der Waals surface area contributed by atoms with Gasteiger partial charge in [0.05, 0.1) is 18.0 Å². The fraction of sp³-hybridized carbons (Fsp3) is 0.325. The predicted molar refractivity (Wildman–Crippen MR) is 191 cm³/mol. The molecule has 6 rings (SSSR count). The number of aromatic nitrogens is 1. The fourth-order valence-corrected chi connectivity index (χ4v) is 6.39. The van der Waals surface area contributed by atoms with Crippen LogP contribution in [-0.4, -0.2) is 57.3 Å². The molecule has 51 heavy (non-hydrogen) atoms. The molecular weight excluding hydrogens is 648 g/mol. The van der Waals surface area contributed by atoms with E-state index in [1.54, 1.807) is 44.3 Å². The summed E-state index contributed by atoms with van der Waals surface area (Å²) in [6.07, 6.45) is 3.08. The zero-order valence-corrected chi connectivity index (χ0v) is 29.1. The molecule has 1 aromatic heterocycles. The van der Waals surface area contributed by atoms with Crippen molar-refractivity contribution in [1.29, 1.82) is 0 Å². The second-order valence-electron chi connectivity index (χ2n) is 13.7. The van der Waals surface area contributed by atoms with Crippen molar-refractivity contribution in [2.24, 2.45) is 0 Å². The summed E-state index contributed by atoms with van der Waals surface area (Å²) >= 11 is 0. The molecule has 0 radical (unpaired) electrons. The first-order valence-electron chi connectivity index (χ1n) is 17.1. The van der Waals surface area contributed by atoms with Crippen molar-refractivity contribution < 1.29 is 33.8 Å². The van der Waals surface area contributed by atoms with Gasteiger partial charge >= 0.3 is 0 Å². The summed E-state index contributed by atoms with van der Waals surface area (Å²) in [5.74, 6) is 0.448. The van der Waals surface area contributed by atoms with Crippen LogP contribution >= 0.6 is 0 Å². The quantitative estimate of drug-likeness (QED) is 0.121. The molecule has 2 heterocycles. The molecule has 1 saturated heterocycles. The fourth-order valence-electron chi connectivity index (χ4n) is 6.39. The number of anilines is 1. The Morgan fingerprint density at radius 2 is 1.63 bits per heavy atom. The van der Waals surface area contributed by atoms with E-state index in [4.69, 9.17) is 9.47 Å². The number of nitrogens with zero attached hydrogens (tertiary/aromatic N) is 2. The summed E-state index contributed by atoms with van der Waals surface area (Å²) in [6, 6.07) is 24.2. The van der Waals surface area contributed by atoms with Gasteiger partial charge in [-0.25, -0.2) is 0 Å². The molecule has 2 aliphatic rings. The Hall–Kier alpha value is -5.55. The molecule has 1 aliphatic heterocycles. The first-order chi connectivity index (χ1) is 24.4. The van der Waals surface area contributed by atoms with Gasteiger partial charge in [-0.1, -0.05) is 44.2 Å². The summed E-state index contributed by atoms with van der Waals surface area (Å²) < 4.78 is 12.2. The Bertz CT molecular complexity index is 1900. The smallest absolute Gasteiger partial charge is 0.261 e. The zero-order chi connectivity index (χ0) is 36.3. The number of carbonyl (C=O) groups excluding carboxylic acids is 4. The molecule has 4 aromatic rings. The SMILES string of the molecule is Cc1ccc(N[C@H]2C[C@@H](Oc3ccc(C(C)(C)c4ccc(Oc5ccc(C(C)O)nc5)cc4)cc3)C2)cc1C(=O)N(C=O)C1CCC(=O)NC1=O. The lowest BCUT2D eigenvalue weighted by Gasteiger charge is -2.36. The van der Waals surface area contributed by atoms with Gasteiger partial charge < -0.3 is 19.9 Å². The summed E-state index contributed by atoms with van der Waals surface area (Å²) in [7, 11) is 0. The number of hydrogen-bond acceptors (Lipinski definition) is 9. The van der Waals surface area contributed by atoms with Gasteiger partial charge in [0.2, 0.25) is 18.2 Å². The standard InChI is InChI=1S/C40H42N4O7/c1-24-5-10-28(21-34(24)39(49)44(23-45)36-17-18-37(47)43-38(36)48)42-29-19-33(20-29)51-31-13-8-27(9-14-31)40(3,4)26-6-11-30(12-7-26)50-32-15-16-35(25(2)46)41-22-32/h5-16,21-23,25,29,33,36,42,46H,17-20H2,1-4H3,(H,43,47,48)/t25?,29-,33+,36?. The van der Waals surface area contributed by atoms with Crippen LogP contribution < -0.4 is 20.1 Å². The first kappa shape index (κ1) is 35.3. The first-order valence-corrected chi connectivity index (χ1v) is 17.1. The molecule has 3 N–H and O–H groups in total. The molecule has 3 aromatic carbocycles. The second-order valence-corrected chi connectivity index (χ2v) is 13.7. The number of imide groups is 2. The number of pyridine rings is 1. The van der Waals surface area contributed by atoms with E-state index >= 15 is 0 Å². The molecular formula is C40H42N4O7. The molecule has 11 nitrogen and oxygen atoms in total. The minimum absolute atomic E-state index is 0.0389. The van der Waals surface area contributed by atoms with Crippen LogP contribution in [0.25, 0.3) is 0 Å². The summed E-state index contributed by atoms with van der Waals surface area (Å²) in [6.45, 7) is 7.80. The Balaban J connectivity index is 1.01. The van der Waals surface area contributed by atoms with E-state index in [1.807, 2.05) is 30.3 Å². The highest BCUT2D eigenvalue weighted by atomic mass is 16.5. The van der Waals surface area contributed by atoms with Crippen LogP contribution in [0.4, 0.5) is 5.69 Å². The number of hydrogen-bond donors (Lipinski definition) is 3. The molecule has 11 heteroatoms. The highest BCUT2D eigenvalue weighted by Crippen LogP contribution is 2.35. The number of rotatable bonds is 12. The summed E-state index contributed by atoms with van der Waals surface area (Å²) in [4.78, 5) is 54.2. The number of piperidine rings is 1. The number of ether oxygens (including phenoxy) is 2. The average molecular weight is 691 g/mol. The second kappa shape index (κ2) is 14.7. The van der Waals surface area contributed by atoms with Crippen molar-refractivity contribution in [3.05, 3.63) is 113 Å². The highest BCUT2D eigenvalue weighted by Gasteiger charge is 2.36. The number of aliphatic hydroxyl groups is 1. The van der Waals surface area contributed by atoms with Crippen molar-refractivity contribution in [3.8, 4) is 17.2 Å². The van der Waals surface area contributed by atoms with Crippen LogP contribution in [0, 0.1) is 6.92 Å². The highest BCUT2D eigenvalue weighted by molar-refractivity contribution is 6.07. The monoisotopic (exact) mass is 690 g/mol. The molecule has 1 aliphatic carbocycles. The van der Waals surface area contributed by atoms with Crippen LogP contribution in [0.3, 0.4) is 0 Å². The third-order valence-corrected chi connectivity index (χ3v) is 9.71. The van der Waals surface area contributed by atoms with E-state index in [2.05, 4.69) is 53.7 Å². The van der Waals surface area contributed by atoms with Gasteiger partial charge in [-0.2, -0.15) is 0 Å². The molecule has 4 amide bonds. The van der Waals surface area contributed by atoms with Crippen LogP contribution in [0.15, 0.2) is 85.1 Å². The van der Waals surface area contributed by atoms with Gasteiger partial charge in [-0.15, -0.1) is 0 Å². The molecule has 2 fully saturated rings. The van der Waals surface area contributed by atoms with Crippen molar-refractivity contribution in [2.45, 2.75) is 83.1 Å². The molecule has 1 saturated carbocycles. The minimum atomic E-state index is -1.02. The normalized spacial score (nSPS) is 19.3. The third kappa shape index (κ3) is 7.94. The minimum Gasteiger partial charge on any atom is -0.490 e. The van der Waals surface area contributed by atoms with Crippen molar-refractivity contribution in [3.63, 3.8) is 0 Å². The van der Waals surface area contributed by atoms with Crippen LogP contribution in [-0.2, 0) is 19.8 Å². The molecule has 2 unspecified atom stereocenters. The number of aliphatic hydroxyl groups excluding tert-OH is 1. The Morgan fingerprint density at radius 1 is 0.980 bits per heavy atom. The van der Waals surface area contributed by atoms with Gasteiger partial charge in [0.25, 0.3) is 5.91 Å².